The van der Waals surface area contributed by atoms with Crippen LogP contribution in [0, 0.1) is 0 Å². The van der Waals surface area contributed by atoms with Gasteiger partial charge >= 0.3 is 11.9 Å². The van der Waals surface area contributed by atoms with Crippen LogP contribution in [0.25, 0.3) is 0 Å². The Hall–Kier alpha value is -1.36. The van der Waals surface area contributed by atoms with E-state index >= 15 is 0 Å². The summed E-state index contributed by atoms with van der Waals surface area (Å²) in [6.07, 6.45) is 53.6. The molecule has 0 rings (SSSR count). The SMILES string of the molecule is CCCC/C=C\CCCCCCCCOCC(COC(=O)CCCCCCCCCCCCCCCCCCCCC)OC(=O)CCCCCCCCCCC. The normalized spacial score (nSPS) is 12.1. The highest BCUT2D eigenvalue weighted by atomic mass is 16.6. The van der Waals surface area contributed by atoms with Crippen molar-refractivity contribution in [1.29, 1.82) is 0 Å². The molecular formula is C51H98O5. The Morgan fingerprint density at radius 1 is 0.375 bits per heavy atom. The van der Waals surface area contributed by atoms with Gasteiger partial charge in [0.1, 0.15) is 6.61 Å². The number of carbonyl (C=O) groups excluding carboxylic acids is 2. The molecule has 5 heteroatoms. The minimum Gasteiger partial charge on any atom is -0.462 e. The van der Waals surface area contributed by atoms with Crippen LogP contribution in [0.5, 0.6) is 0 Å². The van der Waals surface area contributed by atoms with Gasteiger partial charge in [0.15, 0.2) is 6.10 Å². The van der Waals surface area contributed by atoms with E-state index in [4.69, 9.17) is 14.2 Å². The van der Waals surface area contributed by atoms with E-state index in [1.165, 1.54) is 205 Å². The van der Waals surface area contributed by atoms with Gasteiger partial charge in [0.05, 0.1) is 6.61 Å². The summed E-state index contributed by atoms with van der Waals surface area (Å²) in [5.74, 6) is -0.384. The smallest absolute Gasteiger partial charge is 0.306 e. The fraction of sp³-hybridized carbons (Fsp3) is 0.922. The molecule has 1 unspecified atom stereocenters. The van der Waals surface area contributed by atoms with Crippen LogP contribution in [0.1, 0.15) is 278 Å². The lowest BCUT2D eigenvalue weighted by Crippen LogP contribution is -2.30. The molecule has 0 spiro atoms. The Morgan fingerprint density at radius 3 is 1.14 bits per heavy atom. The molecule has 0 aromatic heterocycles. The van der Waals surface area contributed by atoms with E-state index < -0.39 is 6.10 Å². The fourth-order valence-corrected chi connectivity index (χ4v) is 7.49. The van der Waals surface area contributed by atoms with Crippen LogP contribution in [-0.4, -0.2) is 37.9 Å². The molecule has 0 heterocycles. The molecule has 0 aliphatic carbocycles. The van der Waals surface area contributed by atoms with Crippen molar-refractivity contribution in [3.63, 3.8) is 0 Å². The summed E-state index contributed by atoms with van der Waals surface area (Å²) in [7, 11) is 0. The molecule has 0 amide bonds. The van der Waals surface area contributed by atoms with Gasteiger partial charge in [-0.3, -0.25) is 9.59 Å². The van der Waals surface area contributed by atoms with Gasteiger partial charge in [0.25, 0.3) is 0 Å². The zero-order chi connectivity index (χ0) is 40.7. The Kier molecular flexibility index (Phi) is 46.8. The highest BCUT2D eigenvalue weighted by molar-refractivity contribution is 5.70. The summed E-state index contributed by atoms with van der Waals surface area (Å²) >= 11 is 0. The summed E-state index contributed by atoms with van der Waals surface area (Å²) in [4.78, 5) is 25.3. The molecule has 56 heavy (non-hydrogen) atoms. The first-order chi connectivity index (χ1) is 27.6. The van der Waals surface area contributed by atoms with Crippen LogP contribution in [0.4, 0.5) is 0 Å². The Morgan fingerprint density at radius 2 is 0.714 bits per heavy atom. The number of carbonyl (C=O) groups is 2. The van der Waals surface area contributed by atoms with Crippen LogP contribution in [0.3, 0.4) is 0 Å². The lowest BCUT2D eigenvalue weighted by molar-refractivity contribution is -0.163. The fourth-order valence-electron chi connectivity index (χ4n) is 7.49. The van der Waals surface area contributed by atoms with E-state index in [1.54, 1.807) is 0 Å². The molecule has 0 aromatic carbocycles. The molecule has 0 saturated heterocycles. The lowest BCUT2D eigenvalue weighted by Gasteiger charge is -2.18. The second-order valence-corrected chi connectivity index (χ2v) is 17.1. The minimum absolute atomic E-state index is 0.0916. The van der Waals surface area contributed by atoms with E-state index in [-0.39, 0.29) is 18.5 Å². The summed E-state index contributed by atoms with van der Waals surface area (Å²) in [6, 6.07) is 0. The third kappa shape index (κ3) is 45.3. The number of rotatable bonds is 47. The zero-order valence-corrected chi connectivity index (χ0v) is 38.2. The van der Waals surface area contributed by atoms with Crippen LogP contribution >= 0.6 is 0 Å². The third-order valence-electron chi connectivity index (χ3n) is 11.3. The predicted molar refractivity (Wildman–Crippen MR) is 242 cm³/mol. The number of ether oxygens (including phenoxy) is 3. The molecule has 0 fully saturated rings. The molecular weight excluding hydrogens is 693 g/mol. The van der Waals surface area contributed by atoms with E-state index in [9.17, 15) is 9.59 Å². The molecule has 0 bridgehead atoms. The third-order valence-corrected chi connectivity index (χ3v) is 11.3. The first kappa shape index (κ1) is 54.6. The van der Waals surface area contributed by atoms with Gasteiger partial charge in [0.2, 0.25) is 0 Å². The predicted octanol–water partition coefficient (Wildman–Crippen LogP) is 16.7. The molecule has 0 aliphatic heterocycles. The topological polar surface area (TPSA) is 61.8 Å². The second-order valence-electron chi connectivity index (χ2n) is 17.1. The van der Waals surface area contributed by atoms with Crippen molar-refractivity contribution in [2.45, 2.75) is 284 Å². The first-order valence-corrected chi connectivity index (χ1v) is 25.2. The first-order valence-electron chi connectivity index (χ1n) is 25.2. The summed E-state index contributed by atoms with van der Waals surface area (Å²) in [5, 5.41) is 0. The molecule has 0 saturated carbocycles. The van der Waals surface area contributed by atoms with Crippen LogP contribution in [0.2, 0.25) is 0 Å². The summed E-state index contributed by atoms with van der Waals surface area (Å²) in [6.45, 7) is 7.82. The molecule has 0 radical (unpaired) electrons. The average molecular weight is 791 g/mol. The Balaban J connectivity index is 4.09. The van der Waals surface area contributed by atoms with Crippen molar-refractivity contribution < 1.29 is 23.8 Å². The van der Waals surface area contributed by atoms with E-state index in [2.05, 4.69) is 32.9 Å². The maximum absolute atomic E-state index is 12.7. The Bertz CT molecular complexity index is 810. The largest absolute Gasteiger partial charge is 0.462 e. The van der Waals surface area contributed by atoms with Gasteiger partial charge in [0, 0.05) is 19.4 Å². The lowest BCUT2D eigenvalue weighted by atomic mass is 10.0. The van der Waals surface area contributed by atoms with E-state index in [0.29, 0.717) is 26.1 Å². The Labute approximate surface area is 350 Å². The van der Waals surface area contributed by atoms with Crippen molar-refractivity contribution in [1.82, 2.24) is 0 Å². The quantitative estimate of drug-likeness (QED) is 0.0349. The van der Waals surface area contributed by atoms with Crippen molar-refractivity contribution in [3.8, 4) is 0 Å². The maximum Gasteiger partial charge on any atom is 0.306 e. The number of esters is 2. The second kappa shape index (κ2) is 48.0. The van der Waals surface area contributed by atoms with Crippen LogP contribution in [-0.2, 0) is 23.8 Å². The van der Waals surface area contributed by atoms with Gasteiger partial charge in [-0.05, 0) is 38.5 Å². The maximum atomic E-state index is 12.7. The van der Waals surface area contributed by atoms with Crippen molar-refractivity contribution >= 4 is 11.9 Å². The van der Waals surface area contributed by atoms with Gasteiger partial charge < -0.3 is 14.2 Å². The number of unbranched alkanes of at least 4 members (excludes halogenated alkanes) is 34. The standard InChI is InChI=1S/C51H98O5/c1-4-7-10-13-16-19-21-23-24-25-26-27-28-29-30-33-35-38-41-44-50(52)55-48-49(56-51(53)45-42-39-36-32-18-15-12-9-6-3)47-54-46-43-40-37-34-31-22-20-17-14-11-8-5-2/h14,17,49H,4-13,15-16,18-48H2,1-3H3/b17-14-. The average Bonchev–Trinajstić information content (AvgIpc) is 3.20. The summed E-state index contributed by atoms with van der Waals surface area (Å²) in [5.41, 5.74) is 0. The van der Waals surface area contributed by atoms with Gasteiger partial charge in [-0.15, -0.1) is 0 Å². The van der Waals surface area contributed by atoms with Gasteiger partial charge in [-0.1, -0.05) is 238 Å². The van der Waals surface area contributed by atoms with Crippen molar-refractivity contribution in [2.24, 2.45) is 0 Å². The molecule has 0 N–H and O–H groups in total. The van der Waals surface area contributed by atoms with Crippen molar-refractivity contribution in [2.75, 3.05) is 19.8 Å². The number of allylic oxidation sites excluding steroid dienone is 2. The van der Waals surface area contributed by atoms with Gasteiger partial charge in [-0.25, -0.2) is 0 Å². The molecule has 1 atom stereocenters. The summed E-state index contributed by atoms with van der Waals surface area (Å²) < 4.78 is 17.3. The molecule has 0 aromatic rings. The monoisotopic (exact) mass is 791 g/mol. The van der Waals surface area contributed by atoms with Crippen LogP contribution < -0.4 is 0 Å². The van der Waals surface area contributed by atoms with Gasteiger partial charge in [-0.2, -0.15) is 0 Å². The molecule has 0 aliphatic rings. The van der Waals surface area contributed by atoms with E-state index in [0.717, 1.165) is 38.5 Å². The molecule has 332 valence electrons. The highest BCUT2D eigenvalue weighted by Crippen LogP contribution is 2.16. The number of hydrogen-bond donors (Lipinski definition) is 0. The molecule has 5 nitrogen and oxygen atoms in total. The number of hydrogen-bond acceptors (Lipinski definition) is 5. The zero-order valence-electron chi connectivity index (χ0n) is 38.2. The van der Waals surface area contributed by atoms with E-state index in [1.807, 2.05) is 0 Å². The highest BCUT2D eigenvalue weighted by Gasteiger charge is 2.17. The minimum atomic E-state index is -0.527. The van der Waals surface area contributed by atoms with Crippen molar-refractivity contribution in [3.05, 3.63) is 12.2 Å². The van der Waals surface area contributed by atoms with Crippen LogP contribution in [0.15, 0.2) is 12.2 Å².